The molecule has 9 heteroatoms. The van der Waals surface area contributed by atoms with Gasteiger partial charge in [-0.15, -0.1) is 0 Å². The lowest BCUT2D eigenvalue weighted by Crippen LogP contribution is -2.55. The molecule has 3 rings (SSSR count). The number of rotatable bonds is 4. The summed E-state index contributed by atoms with van der Waals surface area (Å²) in [6, 6.07) is 5.06. The quantitative estimate of drug-likeness (QED) is 0.794. The van der Waals surface area contributed by atoms with E-state index in [9.17, 15) is 23.1 Å². The number of fused-ring (bicyclic) bond motifs is 1. The molecule has 2 heterocycles. The number of amides is 1. The lowest BCUT2D eigenvalue weighted by molar-refractivity contribution is -0.160. The predicted molar refractivity (Wildman–Crippen MR) is 104 cm³/mol. The highest BCUT2D eigenvalue weighted by molar-refractivity contribution is 5.76. The Labute approximate surface area is 174 Å². The van der Waals surface area contributed by atoms with Crippen LogP contribution in [-0.2, 0) is 27.0 Å². The molecule has 0 unspecified atom stereocenters. The Kier molecular flexibility index (Phi) is 7.38. The molecule has 1 N–H and O–H groups in total. The number of alkyl halides is 3. The number of carbonyl (C=O) groups excluding carboxylic acids is 1. The summed E-state index contributed by atoms with van der Waals surface area (Å²) in [6.45, 7) is 1.21. The highest BCUT2D eigenvalue weighted by Gasteiger charge is 2.38. The second kappa shape index (κ2) is 9.64. The second-order valence-electron chi connectivity index (χ2n) is 8.25. The van der Waals surface area contributed by atoms with Crippen LogP contribution in [0.4, 0.5) is 13.2 Å². The van der Waals surface area contributed by atoms with Gasteiger partial charge in [-0.1, -0.05) is 12.1 Å². The van der Waals surface area contributed by atoms with Gasteiger partial charge in [-0.05, 0) is 30.5 Å². The van der Waals surface area contributed by atoms with E-state index in [1.165, 1.54) is 17.0 Å². The van der Waals surface area contributed by atoms with Crippen LogP contribution < -0.4 is 0 Å². The highest BCUT2D eigenvalue weighted by atomic mass is 19.4. The van der Waals surface area contributed by atoms with Crippen LogP contribution in [0.5, 0.6) is 0 Å². The first-order chi connectivity index (χ1) is 14.1. The molecule has 0 bridgehead atoms. The van der Waals surface area contributed by atoms with Gasteiger partial charge in [-0.25, -0.2) is 0 Å². The van der Waals surface area contributed by atoms with Crippen molar-refractivity contribution in [2.45, 2.75) is 56.3 Å². The zero-order valence-electron chi connectivity index (χ0n) is 17.3. The molecule has 0 radical (unpaired) electrons. The Morgan fingerprint density at radius 3 is 2.53 bits per heavy atom. The molecular weight excluding hydrogens is 401 g/mol. The molecule has 2 aliphatic heterocycles. The van der Waals surface area contributed by atoms with Gasteiger partial charge in [0.05, 0.1) is 43.5 Å². The number of nitrogens with zero attached hydrogens (tertiary/aromatic N) is 2. The molecule has 0 spiro atoms. The van der Waals surface area contributed by atoms with E-state index in [0.717, 1.165) is 24.1 Å². The maximum absolute atomic E-state index is 12.8. The van der Waals surface area contributed by atoms with Gasteiger partial charge in [-0.3, -0.25) is 9.69 Å². The van der Waals surface area contributed by atoms with Crippen molar-refractivity contribution in [3.63, 3.8) is 0 Å². The molecule has 0 saturated carbocycles. The number of hydrogen-bond donors (Lipinski definition) is 1. The Balaban J connectivity index is 1.70. The van der Waals surface area contributed by atoms with Gasteiger partial charge >= 0.3 is 6.18 Å². The summed E-state index contributed by atoms with van der Waals surface area (Å²) < 4.78 is 50.2. The van der Waals surface area contributed by atoms with Gasteiger partial charge in [0, 0.05) is 33.2 Å². The fourth-order valence-corrected chi connectivity index (χ4v) is 4.04. The molecule has 1 aromatic carbocycles. The van der Waals surface area contributed by atoms with E-state index >= 15 is 0 Å². The van der Waals surface area contributed by atoms with Crippen molar-refractivity contribution in [2.24, 2.45) is 0 Å². The largest absolute Gasteiger partial charge is 0.416 e. The Morgan fingerprint density at radius 2 is 1.90 bits per heavy atom. The summed E-state index contributed by atoms with van der Waals surface area (Å²) in [4.78, 5) is 15.6. The summed E-state index contributed by atoms with van der Waals surface area (Å²) >= 11 is 0. The number of aliphatic hydroxyl groups excluding tert-OH is 1. The van der Waals surface area contributed by atoms with Crippen molar-refractivity contribution in [3.8, 4) is 0 Å². The Morgan fingerprint density at radius 1 is 1.20 bits per heavy atom. The Hall–Kier alpha value is -1.68. The Bertz CT molecular complexity index is 711. The fraction of sp³-hybridized carbons (Fsp3) is 0.667. The minimum absolute atomic E-state index is 0.00208. The summed E-state index contributed by atoms with van der Waals surface area (Å²) in [5, 5.41) is 10.2. The number of ether oxygens (including phenoxy) is 2. The summed E-state index contributed by atoms with van der Waals surface area (Å²) in [5.74, 6) is 0.00208. The van der Waals surface area contributed by atoms with E-state index in [0.29, 0.717) is 32.5 Å². The topological polar surface area (TPSA) is 62.2 Å². The number of carbonyl (C=O) groups is 1. The van der Waals surface area contributed by atoms with Gasteiger partial charge in [-0.2, -0.15) is 13.2 Å². The summed E-state index contributed by atoms with van der Waals surface area (Å²) in [6.07, 6.45) is -3.75. The van der Waals surface area contributed by atoms with E-state index in [1.54, 1.807) is 14.1 Å². The average molecular weight is 430 g/mol. The van der Waals surface area contributed by atoms with Gasteiger partial charge in [0.2, 0.25) is 5.91 Å². The van der Waals surface area contributed by atoms with Crippen molar-refractivity contribution in [2.75, 3.05) is 33.9 Å². The minimum Gasteiger partial charge on any atom is -0.389 e. The van der Waals surface area contributed by atoms with Crippen molar-refractivity contribution in [1.82, 2.24) is 9.80 Å². The maximum Gasteiger partial charge on any atom is 0.416 e. The zero-order valence-corrected chi connectivity index (χ0v) is 17.3. The monoisotopic (exact) mass is 430 g/mol. The van der Waals surface area contributed by atoms with Crippen LogP contribution in [0, 0.1) is 0 Å². The van der Waals surface area contributed by atoms with Gasteiger partial charge in [0.1, 0.15) is 0 Å². The van der Waals surface area contributed by atoms with Crippen LogP contribution >= 0.6 is 0 Å². The molecule has 6 nitrogen and oxygen atoms in total. The molecule has 4 atom stereocenters. The SMILES string of the molecule is CN(C)C(=O)C[C@@H]1CC[C@H]2[C@@H](COC[C@H](O)CN2Cc2ccc(C(F)(F)F)cc2)O1. The molecule has 1 aromatic rings. The molecular formula is C21H29F3N2O4. The minimum atomic E-state index is -4.37. The lowest BCUT2D eigenvalue weighted by atomic mass is 9.94. The molecule has 2 fully saturated rings. The molecule has 2 aliphatic rings. The van der Waals surface area contributed by atoms with Crippen LogP contribution in [0.25, 0.3) is 0 Å². The fourth-order valence-electron chi connectivity index (χ4n) is 4.04. The number of halogens is 3. The molecule has 1 amide bonds. The number of aliphatic hydroxyl groups is 1. The van der Waals surface area contributed by atoms with E-state index in [2.05, 4.69) is 4.90 Å². The average Bonchev–Trinajstić information content (AvgIpc) is 2.66. The smallest absolute Gasteiger partial charge is 0.389 e. The maximum atomic E-state index is 12.8. The molecule has 2 saturated heterocycles. The van der Waals surface area contributed by atoms with Crippen molar-refractivity contribution in [3.05, 3.63) is 35.4 Å². The van der Waals surface area contributed by atoms with Gasteiger partial charge in [0.15, 0.2) is 0 Å². The predicted octanol–water partition coefficient (Wildman–Crippen LogP) is 2.29. The van der Waals surface area contributed by atoms with Crippen LogP contribution in [0.1, 0.15) is 30.4 Å². The summed E-state index contributed by atoms with van der Waals surface area (Å²) in [5.41, 5.74) is 0.0555. The molecule has 168 valence electrons. The first-order valence-corrected chi connectivity index (χ1v) is 10.1. The first-order valence-electron chi connectivity index (χ1n) is 10.1. The van der Waals surface area contributed by atoms with Crippen LogP contribution in [0.2, 0.25) is 0 Å². The highest BCUT2D eigenvalue weighted by Crippen LogP contribution is 2.31. The number of hydrogen-bond acceptors (Lipinski definition) is 5. The number of β-amino-alcohol motifs (C(OH)–C–C–N with tert-alkyl or cyclic N) is 1. The van der Waals surface area contributed by atoms with Crippen molar-refractivity contribution < 1.29 is 32.5 Å². The van der Waals surface area contributed by atoms with E-state index < -0.39 is 17.8 Å². The first kappa shape index (κ1) is 23.0. The zero-order chi connectivity index (χ0) is 21.9. The third kappa shape index (κ3) is 5.94. The molecule has 0 aromatic heterocycles. The lowest BCUT2D eigenvalue weighted by Gasteiger charge is -2.44. The normalized spacial score (nSPS) is 28.3. The van der Waals surface area contributed by atoms with Gasteiger partial charge in [0.25, 0.3) is 0 Å². The third-order valence-electron chi connectivity index (χ3n) is 5.66. The van der Waals surface area contributed by atoms with E-state index in [-0.39, 0.29) is 30.8 Å². The van der Waals surface area contributed by atoms with Gasteiger partial charge < -0.3 is 19.5 Å². The van der Waals surface area contributed by atoms with Crippen molar-refractivity contribution in [1.29, 1.82) is 0 Å². The number of benzene rings is 1. The van der Waals surface area contributed by atoms with Crippen LogP contribution in [-0.4, -0.2) is 79.0 Å². The third-order valence-corrected chi connectivity index (χ3v) is 5.66. The van der Waals surface area contributed by atoms with Crippen molar-refractivity contribution >= 4 is 5.91 Å². The molecule has 0 aliphatic carbocycles. The van der Waals surface area contributed by atoms with Crippen LogP contribution in [0.3, 0.4) is 0 Å². The van der Waals surface area contributed by atoms with E-state index in [1.807, 2.05) is 0 Å². The second-order valence-corrected chi connectivity index (χ2v) is 8.25. The summed E-state index contributed by atoms with van der Waals surface area (Å²) in [7, 11) is 3.42. The standard InChI is InChI=1S/C21H29F3N2O4/c1-25(2)20(28)9-17-7-8-18-19(30-17)13-29-12-16(27)11-26(18)10-14-3-5-15(6-4-14)21(22,23)24/h3-6,16-19,27H,7-13H2,1-2H3/t16-,17+,18+,19-/m1/s1. The van der Waals surface area contributed by atoms with Crippen LogP contribution in [0.15, 0.2) is 24.3 Å². The van der Waals surface area contributed by atoms with E-state index in [4.69, 9.17) is 9.47 Å². The molecule has 30 heavy (non-hydrogen) atoms.